The predicted octanol–water partition coefficient (Wildman–Crippen LogP) is 1.83. The molecule has 1 amide bonds. The Bertz CT molecular complexity index is 1040. The van der Waals surface area contributed by atoms with Crippen LogP contribution in [-0.4, -0.2) is 52.3 Å². The Balaban J connectivity index is 1.56. The van der Waals surface area contributed by atoms with Gasteiger partial charge in [-0.15, -0.1) is 11.8 Å². The summed E-state index contributed by atoms with van der Waals surface area (Å²) in [5, 5.41) is 10.1. The van der Waals surface area contributed by atoms with Gasteiger partial charge in [0.15, 0.2) is 6.10 Å². The summed E-state index contributed by atoms with van der Waals surface area (Å²) in [4.78, 5) is 36.7. The van der Waals surface area contributed by atoms with Crippen molar-refractivity contribution in [3.63, 3.8) is 0 Å². The summed E-state index contributed by atoms with van der Waals surface area (Å²) in [7, 11) is 0. The van der Waals surface area contributed by atoms with Gasteiger partial charge in [-0.1, -0.05) is 0 Å². The number of carbonyl (C=O) groups is 2. The highest BCUT2D eigenvalue weighted by molar-refractivity contribution is 8.00. The van der Waals surface area contributed by atoms with E-state index in [0.29, 0.717) is 29.3 Å². The predicted molar refractivity (Wildman–Crippen MR) is 101 cm³/mol. The molecule has 0 aliphatic carbocycles. The molecule has 1 fully saturated rings. The van der Waals surface area contributed by atoms with Crippen LogP contribution in [0, 0.1) is 0 Å². The van der Waals surface area contributed by atoms with E-state index in [1.54, 1.807) is 31.2 Å². The molecule has 8 nitrogen and oxygen atoms in total. The highest BCUT2D eigenvalue weighted by Crippen LogP contribution is 2.41. The minimum Gasteiger partial charge on any atom is -0.489 e. The maximum absolute atomic E-state index is 12.3. The number of benzene rings is 1. The van der Waals surface area contributed by atoms with Crippen molar-refractivity contribution >= 4 is 34.6 Å². The second kappa shape index (κ2) is 7.33. The molecule has 1 aromatic carbocycles. The maximum Gasteiger partial charge on any atom is 0.352 e. The van der Waals surface area contributed by atoms with Crippen molar-refractivity contribution in [3.05, 3.63) is 52.0 Å². The molecule has 0 spiro atoms. The summed E-state index contributed by atoms with van der Waals surface area (Å²) in [5.74, 6) is -0.658. The van der Waals surface area contributed by atoms with E-state index in [2.05, 4.69) is 0 Å². The maximum atomic E-state index is 12.3. The molecular weight excluding hydrogens is 386 g/mol. The van der Waals surface area contributed by atoms with Crippen molar-refractivity contribution in [2.45, 2.75) is 18.4 Å². The number of carbonyl (C=O) groups excluding carboxylic acids is 1. The number of fused-ring (bicyclic) bond motifs is 2. The SMILES string of the molecule is CCOC1C(=O)N2C(C(=O)O)=C(COc3ccc4ccc(=O)oc4c3)CSC12. The fourth-order valence-electron chi connectivity index (χ4n) is 3.26. The molecule has 4 rings (SSSR count). The zero-order valence-corrected chi connectivity index (χ0v) is 15.7. The molecule has 2 unspecified atom stereocenters. The van der Waals surface area contributed by atoms with Gasteiger partial charge in [0.05, 0.1) is 0 Å². The summed E-state index contributed by atoms with van der Waals surface area (Å²) < 4.78 is 16.3. The molecule has 2 atom stereocenters. The molecule has 0 radical (unpaired) electrons. The van der Waals surface area contributed by atoms with Gasteiger partial charge >= 0.3 is 11.6 Å². The zero-order valence-electron chi connectivity index (χ0n) is 14.9. The third kappa shape index (κ3) is 3.16. The smallest absolute Gasteiger partial charge is 0.352 e. The van der Waals surface area contributed by atoms with Crippen LogP contribution in [0.2, 0.25) is 0 Å². The summed E-state index contributed by atoms with van der Waals surface area (Å²) in [6.07, 6.45) is -0.602. The number of carboxylic acids is 1. The molecule has 1 N–H and O–H groups in total. The van der Waals surface area contributed by atoms with Crippen molar-refractivity contribution in [3.8, 4) is 5.75 Å². The van der Waals surface area contributed by atoms with E-state index < -0.39 is 17.7 Å². The number of aliphatic carboxylic acids is 1. The van der Waals surface area contributed by atoms with Crippen molar-refractivity contribution in [1.29, 1.82) is 0 Å². The number of ether oxygens (including phenoxy) is 2. The van der Waals surface area contributed by atoms with Gasteiger partial charge in [-0.2, -0.15) is 0 Å². The number of nitrogens with zero attached hydrogens (tertiary/aromatic N) is 1. The van der Waals surface area contributed by atoms with Crippen LogP contribution in [0.15, 0.2) is 50.8 Å². The van der Waals surface area contributed by atoms with Crippen molar-refractivity contribution in [2.24, 2.45) is 0 Å². The number of hydrogen-bond donors (Lipinski definition) is 1. The van der Waals surface area contributed by atoms with Crippen molar-refractivity contribution in [2.75, 3.05) is 19.0 Å². The summed E-state index contributed by atoms with van der Waals surface area (Å²) in [5.41, 5.74) is 0.382. The average Bonchev–Trinajstić information content (AvgIpc) is 2.69. The Hall–Kier alpha value is -2.78. The Morgan fingerprint density at radius 3 is 2.86 bits per heavy atom. The molecule has 1 saturated heterocycles. The summed E-state index contributed by atoms with van der Waals surface area (Å²) in [6, 6.07) is 8.02. The molecule has 2 aliphatic heterocycles. The quantitative estimate of drug-likeness (QED) is 0.575. The van der Waals surface area contributed by atoms with E-state index in [1.807, 2.05) is 0 Å². The topological polar surface area (TPSA) is 106 Å². The lowest BCUT2D eigenvalue weighted by Crippen LogP contribution is -2.66. The van der Waals surface area contributed by atoms with Gasteiger partial charge in [-0.25, -0.2) is 9.59 Å². The van der Waals surface area contributed by atoms with E-state index in [1.165, 1.54) is 22.7 Å². The lowest BCUT2D eigenvalue weighted by molar-refractivity contribution is -0.164. The lowest BCUT2D eigenvalue weighted by Gasteiger charge is -2.48. The minimum atomic E-state index is -1.17. The average molecular weight is 403 g/mol. The second-order valence-electron chi connectivity index (χ2n) is 6.29. The van der Waals surface area contributed by atoms with Crippen LogP contribution in [0.5, 0.6) is 5.75 Å². The van der Waals surface area contributed by atoms with Crippen LogP contribution >= 0.6 is 11.8 Å². The van der Waals surface area contributed by atoms with Gasteiger partial charge in [0.25, 0.3) is 5.91 Å². The number of amides is 1. The molecule has 146 valence electrons. The molecule has 3 heterocycles. The normalized spacial score (nSPS) is 21.5. The van der Waals surface area contributed by atoms with E-state index in [9.17, 15) is 19.5 Å². The molecule has 9 heteroatoms. The number of rotatable bonds is 6. The largest absolute Gasteiger partial charge is 0.489 e. The first-order chi connectivity index (χ1) is 13.5. The van der Waals surface area contributed by atoms with Gasteiger partial charge in [0.2, 0.25) is 0 Å². The third-order valence-corrected chi connectivity index (χ3v) is 5.87. The van der Waals surface area contributed by atoms with Crippen LogP contribution in [0.1, 0.15) is 6.92 Å². The van der Waals surface area contributed by atoms with E-state index in [0.717, 1.165) is 5.39 Å². The van der Waals surface area contributed by atoms with Crippen LogP contribution in [0.25, 0.3) is 11.0 Å². The first-order valence-corrected chi connectivity index (χ1v) is 9.72. The molecule has 0 bridgehead atoms. The van der Waals surface area contributed by atoms with Crippen LogP contribution in [0.3, 0.4) is 0 Å². The van der Waals surface area contributed by atoms with Crippen molar-refractivity contribution < 1.29 is 28.6 Å². The Kier molecular flexibility index (Phi) is 4.86. The zero-order chi connectivity index (χ0) is 19.8. The number of thioether (sulfide) groups is 1. The first kappa shape index (κ1) is 18.6. The number of carboxylic acid groups (broad SMARTS) is 1. The van der Waals surface area contributed by atoms with E-state index in [-0.39, 0.29) is 23.6 Å². The Labute approximate surface area is 163 Å². The Morgan fingerprint density at radius 2 is 2.11 bits per heavy atom. The standard InChI is InChI=1S/C19H17NO7S/c1-2-25-16-17(22)20-15(19(23)24)11(9-28-18(16)20)8-26-12-5-3-10-4-6-14(21)27-13(10)7-12/h3-7,16,18H,2,8-9H2,1H3,(H,23,24). The monoisotopic (exact) mass is 403 g/mol. The molecule has 28 heavy (non-hydrogen) atoms. The highest BCUT2D eigenvalue weighted by atomic mass is 32.2. The fraction of sp³-hybridized carbons (Fsp3) is 0.316. The van der Waals surface area contributed by atoms with Crippen LogP contribution in [-0.2, 0) is 14.3 Å². The van der Waals surface area contributed by atoms with Crippen molar-refractivity contribution in [1.82, 2.24) is 4.90 Å². The second-order valence-corrected chi connectivity index (χ2v) is 7.39. The highest BCUT2D eigenvalue weighted by Gasteiger charge is 2.54. The van der Waals surface area contributed by atoms with Gasteiger partial charge in [-0.3, -0.25) is 9.69 Å². The van der Waals surface area contributed by atoms with E-state index >= 15 is 0 Å². The van der Waals surface area contributed by atoms with Crippen LogP contribution < -0.4 is 10.4 Å². The first-order valence-electron chi connectivity index (χ1n) is 8.68. The molecule has 2 aromatic rings. The molecular formula is C19H17NO7S. The van der Waals surface area contributed by atoms with E-state index in [4.69, 9.17) is 13.9 Å². The molecule has 0 saturated carbocycles. The van der Waals surface area contributed by atoms with Gasteiger partial charge < -0.3 is 19.0 Å². The minimum absolute atomic E-state index is 0.00695. The van der Waals surface area contributed by atoms with Gasteiger partial charge in [0, 0.05) is 35.5 Å². The summed E-state index contributed by atoms with van der Waals surface area (Å²) in [6.45, 7) is 2.19. The third-order valence-electron chi connectivity index (χ3n) is 4.55. The Morgan fingerprint density at radius 1 is 1.32 bits per heavy atom. The van der Waals surface area contributed by atoms with Crippen LogP contribution in [0.4, 0.5) is 0 Å². The molecule has 1 aromatic heterocycles. The number of hydrogen-bond acceptors (Lipinski definition) is 7. The molecule has 2 aliphatic rings. The fourth-order valence-corrected chi connectivity index (χ4v) is 4.58. The van der Waals surface area contributed by atoms with Gasteiger partial charge in [-0.05, 0) is 25.1 Å². The number of β-lactam (4-membered cyclic amide) rings is 1. The summed E-state index contributed by atoms with van der Waals surface area (Å²) >= 11 is 1.45. The van der Waals surface area contributed by atoms with Gasteiger partial charge in [0.1, 0.15) is 29.0 Å². The lowest BCUT2D eigenvalue weighted by atomic mass is 10.1.